The van der Waals surface area contributed by atoms with E-state index in [-0.39, 0.29) is 0 Å². The van der Waals surface area contributed by atoms with Gasteiger partial charge in [0.25, 0.3) is 0 Å². The Labute approximate surface area is 138 Å². The van der Waals surface area contributed by atoms with Gasteiger partial charge in [0.1, 0.15) is 12.4 Å². The van der Waals surface area contributed by atoms with Gasteiger partial charge in [0.15, 0.2) is 5.75 Å². The van der Waals surface area contributed by atoms with Crippen LogP contribution in [-0.2, 0) is 11.3 Å². The highest BCUT2D eigenvalue weighted by Gasteiger charge is 2.25. The van der Waals surface area contributed by atoms with Gasteiger partial charge in [-0.25, -0.2) is 0 Å². The predicted octanol–water partition coefficient (Wildman–Crippen LogP) is 2.81. The maximum Gasteiger partial charge on any atom is 0.150 e. The van der Waals surface area contributed by atoms with Crippen molar-refractivity contribution in [3.8, 4) is 11.5 Å². The second-order valence-corrected chi connectivity index (χ2v) is 6.28. The lowest BCUT2D eigenvalue weighted by Crippen LogP contribution is -2.37. The normalized spacial score (nSPS) is 18.9. The van der Waals surface area contributed by atoms with Crippen molar-refractivity contribution >= 4 is 5.69 Å². The third-order valence-electron chi connectivity index (χ3n) is 4.73. The van der Waals surface area contributed by atoms with Crippen molar-refractivity contribution in [1.29, 1.82) is 0 Å². The van der Waals surface area contributed by atoms with E-state index in [0.717, 1.165) is 68.4 Å². The van der Waals surface area contributed by atoms with E-state index in [1.807, 2.05) is 0 Å². The highest BCUT2D eigenvalue weighted by molar-refractivity contribution is 5.69. The molecule has 0 amide bonds. The molecule has 0 atom stereocenters. The standard InChI is InChI=1S/C18H28N2O3/c1-4-22-14-5-8-20(9-6-14)12-15-16(21-3)11-13(2)17-18(15)23-10-7-19-17/h11,14,19H,4-10,12H2,1-3H3. The zero-order valence-electron chi connectivity index (χ0n) is 14.5. The summed E-state index contributed by atoms with van der Waals surface area (Å²) < 4.78 is 17.4. The van der Waals surface area contributed by atoms with Crippen LogP contribution in [0.2, 0.25) is 0 Å². The maximum atomic E-state index is 5.99. The molecule has 0 spiro atoms. The minimum absolute atomic E-state index is 0.419. The topological polar surface area (TPSA) is 43.0 Å². The molecule has 1 aromatic rings. The molecular weight excluding hydrogens is 292 g/mol. The van der Waals surface area contributed by atoms with Gasteiger partial charge in [0.05, 0.1) is 24.5 Å². The van der Waals surface area contributed by atoms with E-state index in [1.165, 1.54) is 5.56 Å². The van der Waals surface area contributed by atoms with E-state index in [9.17, 15) is 0 Å². The van der Waals surface area contributed by atoms with Gasteiger partial charge >= 0.3 is 0 Å². The Balaban J connectivity index is 1.77. The van der Waals surface area contributed by atoms with Gasteiger partial charge in [0.2, 0.25) is 0 Å². The molecule has 2 aliphatic rings. The van der Waals surface area contributed by atoms with Crippen molar-refractivity contribution in [2.75, 3.05) is 45.3 Å². The second kappa shape index (κ2) is 7.41. The Morgan fingerprint density at radius 2 is 2.13 bits per heavy atom. The lowest BCUT2D eigenvalue weighted by Gasteiger charge is -2.33. The number of hydrogen-bond donors (Lipinski definition) is 1. The van der Waals surface area contributed by atoms with Gasteiger partial charge in [-0.05, 0) is 38.3 Å². The van der Waals surface area contributed by atoms with Crippen molar-refractivity contribution in [2.45, 2.75) is 39.3 Å². The molecule has 128 valence electrons. The molecule has 0 saturated carbocycles. The summed E-state index contributed by atoms with van der Waals surface area (Å²) in [5.74, 6) is 1.90. The van der Waals surface area contributed by atoms with Gasteiger partial charge in [-0.15, -0.1) is 0 Å². The molecule has 2 heterocycles. The van der Waals surface area contributed by atoms with Crippen LogP contribution in [0.4, 0.5) is 5.69 Å². The van der Waals surface area contributed by atoms with E-state index < -0.39 is 0 Å². The van der Waals surface area contributed by atoms with Gasteiger partial charge < -0.3 is 19.5 Å². The Morgan fingerprint density at radius 3 is 2.83 bits per heavy atom. The van der Waals surface area contributed by atoms with Gasteiger partial charge in [-0.3, -0.25) is 4.90 Å². The summed E-state index contributed by atoms with van der Waals surface area (Å²) in [5, 5.41) is 3.46. The molecule has 1 fully saturated rings. The average Bonchev–Trinajstić information content (AvgIpc) is 2.59. The number of likely N-dealkylation sites (tertiary alicyclic amines) is 1. The number of fused-ring (bicyclic) bond motifs is 1. The van der Waals surface area contributed by atoms with Crippen LogP contribution >= 0.6 is 0 Å². The van der Waals surface area contributed by atoms with Crippen LogP contribution in [0.1, 0.15) is 30.9 Å². The van der Waals surface area contributed by atoms with Crippen LogP contribution < -0.4 is 14.8 Å². The number of piperidine rings is 1. The first-order valence-electron chi connectivity index (χ1n) is 8.64. The van der Waals surface area contributed by atoms with Crippen LogP contribution in [0, 0.1) is 6.92 Å². The molecule has 5 heteroatoms. The number of aryl methyl sites for hydroxylation is 1. The zero-order valence-corrected chi connectivity index (χ0v) is 14.5. The number of methoxy groups -OCH3 is 1. The van der Waals surface area contributed by atoms with Crippen LogP contribution in [0.25, 0.3) is 0 Å². The summed E-state index contributed by atoms with van der Waals surface area (Å²) in [6.07, 6.45) is 2.62. The second-order valence-electron chi connectivity index (χ2n) is 6.28. The Bertz CT molecular complexity index is 540. The number of benzene rings is 1. The van der Waals surface area contributed by atoms with Crippen molar-refractivity contribution < 1.29 is 14.2 Å². The molecule has 0 aromatic heterocycles. The number of ether oxygens (including phenoxy) is 3. The van der Waals surface area contributed by atoms with Crippen LogP contribution in [0.3, 0.4) is 0 Å². The molecule has 5 nitrogen and oxygen atoms in total. The Kier molecular flexibility index (Phi) is 5.28. The molecule has 0 radical (unpaired) electrons. The van der Waals surface area contributed by atoms with Crippen molar-refractivity contribution in [2.24, 2.45) is 0 Å². The highest BCUT2D eigenvalue weighted by atomic mass is 16.5. The van der Waals surface area contributed by atoms with Gasteiger partial charge in [-0.1, -0.05) is 0 Å². The van der Waals surface area contributed by atoms with E-state index in [1.54, 1.807) is 7.11 Å². The Hall–Kier alpha value is -1.46. The third kappa shape index (κ3) is 3.56. The molecule has 1 aromatic carbocycles. The first-order valence-corrected chi connectivity index (χ1v) is 8.64. The minimum Gasteiger partial charge on any atom is -0.496 e. The summed E-state index contributed by atoms with van der Waals surface area (Å²) >= 11 is 0. The summed E-state index contributed by atoms with van der Waals surface area (Å²) in [5.41, 5.74) is 3.46. The molecule has 1 saturated heterocycles. The number of hydrogen-bond acceptors (Lipinski definition) is 5. The molecule has 23 heavy (non-hydrogen) atoms. The monoisotopic (exact) mass is 320 g/mol. The summed E-state index contributed by atoms with van der Waals surface area (Å²) in [6.45, 7) is 9.53. The predicted molar refractivity (Wildman–Crippen MR) is 91.6 cm³/mol. The lowest BCUT2D eigenvalue weighted by atomic mass is 10.0. The largest absolute Gasteiger partial charge is 0.496 e. The van der Waals surface area contributed by atoms with Crippen LogP contribution in [0.5, 0.6) is 11.5 Å². The number of rotatable bonds is 5. The molecule has 3 rings (SSSR count). The van der Waals surface area contributed by atoms with E-state index in [4.69, 9.17) is 14.2 Å². The minimum atomic E-state index is 0.419. The molecule has 0 aliphatic carbocycles. The summed E-state index contributed by atoms with van der Waals surface area (Å²) in [4.78, 5) is 2.47. The smallest absolute Gasteiger partial charge is 0.150 e. The third-order valence-corrected chi connectivity index (χ3v) is 4.73. The summed E-state index contributed by atoms with van der Waals surface area (Å²) in [6, 6.07) is 2.11. The van der Waals surface area contributed by atoms with E-state index in [2.05, 4.69) is 30.1 Å². The number of nitrogens with one attached hydrogen (secondary N) is 1. The molecular formula is C18H28N2O3. The van der Waals surface area contributed by atoms with E-state index in [0.29, 0.717) is 12.7 Å². The first-order chi connectivity index (χ1) is 11.2. The van der Waals surface area contributed by atoms with Crippen LogP contribution in [0.15, 0.2) is 6.07 Å². The molecule has 0 bridgehead atoms. The number of nitrogens with zero attached hydrogens (tertiary/aromatic N) is 1. The quantitative estimate of drug-likeness (QED) is 0.904. The number of anilines is 1. The first kappa shape index (κ1) is 16.4. The summed E-state index contributed by atoms with van der Waals surface area (Å²) in [7, 11) is 1.74. The zero-order chi connectivity index (χ0) is 16.2. The fourth-order valence-corrected chi connectivity index (χ4v) is 3.53. The van der Waals surface area contributed by atoms with Crippen LogP contribution in [-0.4, -0.2) is 51.0 Å². The fourth-order valence-electron chi connectivity index (χ4n) is 3.53. The SMILES string of the molecule is CCOC1CCN(Cc2c(OC)cc(C)c3c2OCCN3)CC1. The van der Waals surface area contributed by atoms with Crippen molar-refractivity contribution in [1.82, 2.24) is 4.90 Å². The highest BCUT2D eigenvalue weighted by Crippen LogP contribution is 2.41. The molecule has 0 unspecified atom stereocenters. The van der Waals surface area contributed by atoms with E-state index >= 15 is 0 Å². The van der Waals surface area contributed by atoms with Gasteiger partial charge in [-0.2, -0.15) is 0 Å². The fraction of sp³-hybridized carbons (Fsp3) is 0.667. The van der Waals surface area contributed by atoms with Crippen molar-refractivity contribution in [3.63, 3.8) is 0 Å². The van der Waals surface area contributed by atoms with Crippen molar-refractivity contribution in [3.05, 3.63) is 17.2 Å². The lowest BCUT2D eigenvalue weighted by molar-refractivity contribution is 0.0122. The Morgan fingerprint density at radius 1 is 1.35 bits per heavy atom. The molecule has 1 N–H and O–H groups in total. The van der Waals surface area contributed by atoms with Gasteiger partial charge in [0, 0.05) is 32.8 Å². The molecule has 2 aliphatic heterocycles. The average molecular weight is 320 g/mol. The maximum absolute atomic E-state index is 5.99.